The molecule has 7 nitrogen and oxygen atoms in total. The van der Waals surface area contributed by atoms with Gasteiger partial charge in [0.05, 0.1) is 22.3 Å². The number of thiophene rings is 1. The fourth-order valence-corrected chi connectivity index (χ4v) is 4.16. The first-order valence-corrected chi connectivity index (χ1v) is 9.79. The average Bonchev–Trinajstić information content (AvgIpc) is 3.12. The Bertz CT molecular complexity index is 931. The Labute approximate surface area is 156 Å². The minimum Gasteiger partial charge on any atom is -0.450 e. The van der Waals surface area contributed by atoms with Crippen molar-refractivity contribution in [2.45, 2.75) is 52.5 Å². The summed E-state index contributed by atoms with van der Waals surface area (Å²) >= 11 is 1.72. The fraction of sp³-hybridized carbons (Fsp3) is 0.500. The molecule has 0 aliphatic heterocycles. The minimum atomic E-state index is -0.726. The minimum absolute atomic E-state index is 0.337. The Morgan fingerprint density at radius 3 is 2.85 bits per heavy atom. The standard InChI is InChI=1S/C18H25N5O2S/c1-3-4-7-13-22-14-15(23(13)8-5-6-9-25-18(20)24)16-12(21-17(14)19)10-11(2)26-16/h10H,3-9H2,1-2H3,(H2,19,21)(H2,20,24). The van der Waals surface area contributed by atoms with Crippen molar-refractivity contribution in [1.82, 2.24) is 14.5 Å². The van der Waals surface area contributed by atoms with E-state index in [0.29, 0.717) is 12.4 Å². The first-order chi connectivity index (χ1) is 12.5. The van der Waals surface area contributed by atoms with Crippen LogP contribution in [0.2, 0.25) is 0 Å². The smallest absolute Gasteiger partial charge is 0.404 e. The monoisotopic (exact) mass is 375 g/mol. The maximum Gasteiger partial charge on any atom is 0.404 e. The van der Waals surface area contributed by atoms with Crippen LogP contribution in [0, 0.1) is 6.92 Å². The SMILES string of the molecule is CCCCc1nc2c(N)nc3cc(C)sc3c2n1CCCCOC(N)=O. The van der Waals surface area contributed by atoms with Gasteiger partial charge in [-0.05, 0) is 32.3 Å². The normalized spacial score (nSPS) is 11.5. The molecular formula is C18H25N5O2S. The quantitative estimate of drug-likeness (QED) is 0.583. The number of imidazole rings is 1. The maximum absolute atomic E-state index is 10.7. The number of pyridine rings is 1. The lowest BCUT2D eigenvalue weighted by Crippen LogP contribution is -2.14. The number of fused-ring (bicyclic) bond motifs is 3. The van der Waals surface area contributed by atoms with Crippen molar-refractivity contribution >= 4 is 44.5 Å². The molecule has 0 atom stereocenters. The number of hydrogen-bond donors (Lipinski definition) is 2. The molecule has 0 aliphatic carbocycles. The van der Waals surface area contributed by atoms with Crippen LogP contribution in [0.3, 0.4) is 0 Å². The molecule has 0 fully saturated rings. The van der Waals surface area contributed by atoms with Crippen LogP contribution in [0.1, 0.15) is 43.3 Å². The molecule has 0 saturated carbocycles. The van der Waals surface area contributed by atoms with Crippen LogP contribution < -0.4 is 11.5 Å². The van der Waals surface area contributed by atoms with Crippen LogP contribution in [0.15, 0.2) is 6.07 Å². The maximum atomic E-state index is 10.7. The van der Waals surface area contributed by atoms with E-state index < -0.39 is 6.09 Å². The highest BCUT2D eigenvalue weighted by atomic mass is 32.1. The molecule has 0 spiro atoms. The van der Waals surface area contributed by atoms with Gasteiger partial charge in [-0.2, -0.15) is 0 Å². The van der Waals surface area contributed by atoms with Crippen molar-refractivity contribution in [3.63, 3.8) is 0 Å². The molecule has 3 aromatic rings. The van der Waals surface area contributed by atoms with Crippen LogP contribution in [0.4, 0.5) is 10.6 Å². The van der Waals surface area contributed by atoms with Gasteiger partial charge in [-0.1, -0.05) is 13.3 Å². The van der Waals surface area contributed by atoms with Crippen molar-refractivity contribution in [2.24, 2.45) is 5.73 Å². The lowest BCUT2D eigenvalue weighted by atomic mass is 10.2. The summed E-state index contributed by atoms with van der Waals surface area (Å²) in [5.41, 5.74) is 14.0. The van der Waals surface area contributed by atoms with Crippen molar-refractivity contribution in [2.75, 3.05) is 12.3 Å². The van der Waals surface area contributed by atoms with Crippen molar-refractivity contribution < 1.29 is 9.53 Å². The van der Waals surface area contributed by atoms with Gasteiger partial charge in [0.1, 0.15) is 11.3 Å². The third-order valence-electron chi connectivity index (χ3n) is 4.36. The van der Waals surface area contributed by atoms with Crippen LogP contribution in [0.25, 0.3) is 21.3 Å². The summed E-state index contributed by atoms with van der Waals surface area (Å²) in [6.45, 7) is 5.38. The third kappa shape index (κ3) is 3.75. The number of nitrogens with two attached hydrogens (primary N) is 2. The van der Waals surface area contributed by atoms with Gasteiger partial charge in [0.2, 0.25) is 0 Å². The molecule has 0 radical (unpaired) electrons. The number of unbranched alkanes of at least 4 members (excludes halogenated alkanes) is 2. The van der Waals surface area contributed by atoms with Gasteiger partial charge in [0.15, 0.2) is 5.82 Å². The van der Waals surface area contributed by atoms with E-state index in [1.807, 2.05) is 0 Å². The number of primary amides is 1. The second kappa shape index (κ2) is 7.90. The molecule has 3 heterocycles. The lowest BCUT2D eigenvalue weighted by Gasteiger charge is -2.10. The van der Waals surface area contributed by atoms with E-state index in [2.05, 4.69) is 29.5 Å². The van der Waals surface area contributed by atoms with E-state index in [0.717, 1.165) is 65.7 Å². The summed E-state index contributed by atoms with van der Waals surface area (Å²) in [5.74, 6) is 1.53. The van der Waals surface area contributed by atoms with Gasteiger partial charge in [-0.3, -0.25) is 0 Å². The molecule has 3 aromatic heterocycles. The van der Waals surface area contributed by atoms with E-state index in [4.69, 9.17) is 21.2 Å². The summed E-state index contributed by atoms with van der Waals surface area (Å²) < 4.78 is 8.23. The van der Waals surface area contributed by atoms with Crippen LogP contribution in [-0.2, 0) is 17.7 Å². The topological polar surface area (TPSA) is 109 Å². The molecule has 140 valence electrons. The summed E-state index contributed by atoms with van der Waals surface area (Å²) in [4.78, 5) is 21.2. The molecule has 4 N–H and O–H groups in total. The Morgan fingerprint density at radius 1 is 1.31 bits per heavy atom. The highest BCUT2D eigenvalue weighted by Crippen LogP contribution is 2.34. The molecule has 1 amide bonds. The van der Waals surface area contributed by atoms with Gasteiger partial charge in [0, 0.05) is 17.8 Å². The van der Waals surface area contributed by atoms with Gasteiger partial charge >= 0.3 is 6.09 Å². The summed E-state index contributed by atoms with van der Waals surface area (Å²) in [6.07, 6.45) is 3.99. The van der Waals surface area contributed by atoms with Gasteiger partial charge in [0.25, 0.3) is 0 Å². The number of aryl methyl sites for hydroxylation is 3. The van der Waals surface area contributed by atoms with E-state index in [-0.39, 0.29) is 0 Å². The number of amides is 1. The summed E-state index contributed by atoms with van der Waals surface area (Å²) in [7, 11) is 0. The Balaban J connectivity index is 1.97. The number of hydrogen-bond acceptors (Lipinski definition) is 6. The Morgan fingerprint density at radius 2 is 2.12 bits per heavy atom. The first-order valence-electron chi connectivity index (χ1n) is 8.98. The first kappa shape index (κ1) is 18.4. The number of carbonyl (C=O) groups excluding carboxylic acids is 1. The average molecular weight is 375 g/mol. The summed E-state index contributed by atoms with van der Waals surface area (Å²) in [6, 6.07) is 2.07. The molecule has 0 aromatic carbocycles. The zero-order valence-electron chi connectivity index (χ0n) is 15.2. The highest BCUT2D eigenvalue weighted by Gasteiger charge is 2.18. The molecule has 0 aliphatic rings. The number of aromatic nitrogens is 3. The van der Waals surface area contributed by atoms with Crippen molar-refractivity contribution in [1.29, 1.82) is 0 Å². The van der Waals surface area contributed by atoms with Crippen LogP contribution in [-0.4, -0.2) is 27.2 Å². The Hall–Kier alpha value is -2.35. The molecule has 26 heavy (non-hydrogen) atoms. The molecule has 8 heteroatoms. The predicted molar refractivity (Wildman–Crippen MR) is 105 cm³/mol. The van der Waals surface area contributed by atoms with E-state index >= 15 is 0 Å². The number of nitrogen functional groups attached to an aromatic ring is 1. The van der Waals surface area contributed by atoms with Gasteiger partial charge in [-0.25, -0.2) is 14.8 Å². The number of rotatable bonds is 8. The summed E-state index contributed by atoms with van der Waals surface area (Å²) in [5, 5.41) is 0. The number of carbonyl (C=O) groups is 1. The largest absolute Gasteiger partial charge is 0.450 e. The predicted octanol–water partition coefficient (Wildman–Crippen LogP) is 3.75. The lowest BCUT2D eigenvalue weighted by molar-refractivity contribution is 0.154. The van der Waals surface area contributed by atoms with Crippen molar-refractivity contribution in [3.05, 3.63) is 16.8 Å². The number of ether oxygens (including phenoxy) is 1. The molecule has 0 saturated heterocycles. The van der Waals surface area contributed by atoms with E-state index in [9.17, 15) is 4.79 Å². The van der Waals surface area contributed by atoms with Crippen LogP contribution >= 0.6 is 11.3 Å². The van der Waals surface area contributed by atoms with E-state index in [1.165, 1.54) is 4.88 Å². The van der Waals surface area contributed by atoms with E-state index in [1.54, 1.807) is 11.3 Å². The van der Waals surface area contributed by atoms with Crippen molar-refractivity contribution in [3.8, 4) is 0 Å². The second-order valence-electron chi connectivity index (χ2n) is 6.42. The molecule has 0 bridgehead atoms. The Kier molecular flexibility index (Phi) is 5.61. The van der Waals surface area contributed by atoms with Crippen LogP contribution in [0.5, 0.6) is 0 Å². The fourth-order valence-electron chi connectivity index (χ4n) is 3.16. The second-order valence-corrected chi connectivity index (χ2v) is 7.68. The zero-order chi connectivity index (χ0) is 18.7. The van der Waals surface area contributed by atoms with Gasteiger partial charge < -0.3 is 20.8 Å². The highest BCUT2D eigenvalue weighted by molar-refractivity contribution is 7.19. The van der Waals surface area contributed by atoms with Gasteiger partial charge in [-0.15, -0.1) is 11.3 Å². The number of anilines is 1. The zero-order valence-corrected chi connectivity index (χ0v) is 16.1. The molecular weight excluding hydrogens is 350 g/mol. The number of nitrogens with zero attached hydrogens (tertiary/aromatic N) is 3. The molecule has 3 rings (SSSR count). The third-order valence-corrected chi connectivity index (χ3v) is 5.40. The molecule has 0 unspecified atom stereocenters.